The molecule has 0 bridgehead atoms. The molecule has 1 aromatic heterocycles. The van der Waals surface area contributed by atoms with Gasteiger partial charge in [0.2, 0.25) is 5.13 Å². The van der Waals surface area contributed by atoms with Gasteiger partial charge in [0.05, 0.1) is 12.9 Å². The molecule has 0 fully saturated rings. The first kappa shape index (κ1) is 18.3. The summed E-state index contributed by atoms with van der Waals surface area (Å²) in [7, 11) is 1.60. The van der Waals surface area contributed by atoms with E-state index in [9.17, 15) is 13.6 Å². The Kier molecular flexibility index (Phi) is 5.79. The molecule has 0 spiro atoms. The van der Waals surface area contributed by atoms with E-state index in [1.54, 1.807) is 7.11 Å². The van der Waals surface area contributed by atoms with Crippen molar-refractivity contribution in [3.63, 3.8) is 0 Å². The highest BCUT2D eigenvalue weighted by atomic mass is 32.2. The number of ketones is 1. The Labute approximate surface area is 156 Å². The van der Waals surface area contributed by atoms with E-state index >= 15 is 0 Å². The van der Waals surface area contributed by atoms with Gasteiger partial charge in [0.1, 0.15) is 5.75 Å². The van der Waals surface area contributed by atoms with Crippen LogP contribution in [0.25, 0.3) is 0 Å². The van der Waals surface area contributed by atoms with E-state index in [0.717, 1.165) is 23.6 Å². The Morgan fingerprint density at radius 1 is 1.15 bits per heavy atom. The molecule has 5 nitrogen and oxygen atoms in total. The highest BCUT2D eigenvalue weighted by molar-refractivity contribution is 8.01. The number of ether oxygens (including phenoxy) is 1. The van der Waals surface area contributed by atoms with Crippen molar-refractivity contribution in [1.82, 2.24) is 10.2 Å². The monoisotopic (exact) mass is 393 g/mol. The highest BCUT2D eigenvalue weighted by Crippen LogP contribution is 2.28. The summed E-state index contributed by atoms with van der Waals surface area (Å²) in [5.74, 6) is -1.52. The number of aromatic nitrogens is 2. The van der Waals surface area contributed by atoms with Crippen molar-refractivity contribution < 1.29 is 18.3 Å². The van der Waals surface area contributed by atoms with E-state index in [1.165, 1.54) is 29.2 Å². The molecule has 1 heterocycles. The van der Waals surface area contributed by atoms with E-state index in [2.05, 4.69) is 15.5 Å². The van der Waals surface area contributed by atoms with Crippen molar-refractivity contribution in [2.75, 3.05) is 18.2 Å². The third-order valence-electron chi connectivity index (χ3n) is 3.32. The summed E-state index contributed by atoms with van der Waals surface area (Å²) in [6, 6.07) is 10.4. The number of carbonyl (C=O) groups is 1. The fourth-order valence-electron chi connectivity index (χ4n) is 2.00. The summed E-state index contributed by atoms with van der Waals surface area (Å²) in [4.78, 5) is 12.1. The second-order valence-corrected chi connectivity index (χ2v) is 7.27. The number of methoxy groups -OCH3 is 1. The minimum atomic E-state index is -1.04. The molecular formula is C17H13F2N3O2S2. The van der Waals surface area contributed by atoms with Crippen LogP contribution in [0.3, 0.4) is 0 Å². The molecule has 0 saturated carbocycles. The van der Waals surface area contributed by atoms with E-state index < -0.39 is 11.6 Å². The normalized spacial score (nSPS) is 10.6. The molecule has 3 aromatic rings. The number of nitrogens with zero attached hydrogens (tertiary/aromatic N) is 2. The van der Waals surface area contributed by atoms with E-state index in [4.69, 9.17) is 4.74 Å². The Morgan fingerprint density at radius 3 is 2.62 bits per heavy atom. The van der Waals surface area contributed by atoms with E-state index in [0.29, 0.717) is 9.47 Å². The first-order chi connectivity index (χ1) is 12.5. The summed E-state index contributed by atoms with van der Waals surface area (Å²) < 4.78 is 31.8. The fourth-order valence-corrected chi connectivity index (χ4v) is 3.66. The summed E-state index contributed by atoms with van der Waals surface area (Å²) in [5, 5.41) is 11.7. The van der Waals surface area contributed by atoms with Gasteiger partial charge in [-0.15, -0.1) is 10.2 Å². The van der Waals surface area contributed by atoms with Crippen LogP contribution in [0.1, 0.15) is 10.4 Å². The summed E-state index contributed by atoms with van der Waals surface area (Å²) in [5.41, 5.74) is 0.953. The first-order valence-corrected chi connectivity index (χ1v) is 9.21. The average Bonchev–Trinajstić information content (AvgIpc) is 3.10. The topological polar surface area (TPSA) is 64.1 Å². The maximum absolute atomic E-state index is 13.2. The smallest absolute Gasteiger partial charge is 0.210 e. The van der Waals surface area contributed by atoms with Crippen LogP contribution in [0.2, 0.25) is 0 Å². The number of benzene rings is 2. The number of nitrogens with one attached hydrogen (secondary N) is 1. The van der Waals surface area contributed by atoms with Gasteiger partial charge >= 0.3 is 0 Å². The average molecular weight is 393 g/mol. The van der Waals surface area contributed by atoms with Crippen LogP contribution in [0.15, 0.2) is 46.8 Å². The minimum absolute atomic E-state index is 0.0578. The number of carbonyl (C=O) groups excluding carboxylic acids is 1. The number of hydrogen-bond donors (Lipinski definition) is 1. The van der Waals surface area contributed by atoms with Crippen LogP contribution in [0, 0.1) is 11.6 Å². The molecular weight excluding hydrogens is 380 g/mol. The van der Waals surface area contributed by atoms with Crippen LogP contribution in [0.5, 0.6) is 5.75 Å². The third-order valence-corrected chi connectivity index (χ3v) is 5.29. The largest absolute Gasteiger partial charge is 0.497 e. The number of hydrogen-bond acceptors (Lipinski definition) is 7. The third kappa shape index (κ3) is 4.55. The predicted octanol–water partition coefficient (Wildman–Crippen LogP) is 4.54. The summed E-state index contributed by atoms with van der Waals surface area (Å²) in [6.07, 6.45) is 0. The van der Waals surface area contributed by atoms with Crippen molar-refractivity contribution in [2.45, 2.75) is 4.34 Å². The van der Waals surface area contributed by atoms with E-state index in [-0.39, 0.29) is 17.1 Å². The standard InChI is InChI=1S/C17H13F2N3O2S2/c1-24-12-5-3-11(4-6-12)20-16-21-22-17(26-16)25-9-15(23)10-2-7-13(18)14(19)8-10/h2-8H,9H2,1H3,(H,20,21). The molecule has 26 heavy (non-hydrogen) atoms. The molecule has 0 amide bonds. The SMILES string of the molecule is COc1ccc(Nc2nnc(SCC(=O)c3ccc(F)c(F)c3)s2)cc1. The number of thioether (sulfide) groups is 1. The molecule has 0 saturated heterocycles. The van der Waals surface area contributed by atoms with Gasteiger partial charge in [-0.1, -0.05) is 23.1 Å². The Hall–Kier alpha value is -2.52. The first-order valence-electron chi connectivity index (χ1n) is 7.41. The van der Waals surface area contributed by atoms with Crippen LogP contribution in [-0.2, 0) is 0 Å². The fraction of sp³-hybridized carbons (Fsp3) is 0.118. The van der Waals surface area contributed by atoms with Crippen molar-refractivity contribution in [3.05, 3.63) is 59.7 Å². The van der Waals surface area contributed by atoms with Crippen molar-refractivity contribution in [1.29, 1.82) is 0 Å². The van der Waals surface area contributed by atoms with Gasteiger partial charge in [-0.2, -0.15) is 0 Å². The Morgan fingerprint density at radius 2 is 1.92 bits per heavy atom. The lowest BCUT2D eigenvalue weighted by Gasteiger charge is -2.03. The number of halogens is 2. The number of anilines is 2. The highest BCUT2D eigenvalue weighted by Gasteiger charge is 2.12. The molecule has 3 rings (SSSR count). The van der Waals surface area contributed by atoms with Crippen molar-refractivity contribution in [2.24, 2.45) is 0 Å². The maximum Gasteiger partial charge on any atom is 0.210 e. The van der Waals surface area contributed by atoms with Gasteiger partial charge in [0.25, 0.3) is 0 Å². The lowest BCUT2D eigenvalue weighted by Crippen LogP contribution is -2.03. The van der Waals surface area contributed by atoms with Crippen LogP contribution < -0.4 is 10.1 Å². The summed E-state index contributed by atoms with van der Waals surface area (Å²) in [6.45, 7) is 0. The predicted molar refractivity (Wildman–Crippen MR) is 97.6 cm³/mol. The molecule has 0 radical (unpaired) electrons. The molecule has 0 atom stereocenters. The molecule has 2 aromatic carbocycles. The van der Waals surface area contributed by atoms with Crippen molar-refractivity contribution >= 4 is 39.7 Å². The molecule has 0 aliphatic heterocycles. The van der Waals surface area contributed by atoms with Gasteiger partial charge in [-0.05, 0) is 42.5 Å². The molecule has 1 N–H and O–H groups in total. The lowest BCUT2D eigenvalue weighted by molar-refractivity contribution is 0.102. The molecule has 0 aliphatic rings. The van der Waals surface area contributed by atoms with Crippen LogP contribution >= 0.6 is 23.1 Å². The second-order valence-electron chi connectivity index (χ2n) is 5.07. The Bertz CT molecular complexity index is 917. The zero-order chi connectivity index (χ0) is 18.5. The molecule has 9 heteroatoms. The van der Waals surface area contributed by atoms with Gasteiger partial charge in [-0.25, -0.2) is 8.78 Å². The number of Topliss-reactive ketones (excluding diaryl/α,β-unsaturated/α-hetero) is 1. The van der Waals surface area contributed by atoms with Gasteiger partial charge in [-0.3, -0.25) is 4.79 Å². The lowest BCUT2D eigenvalue weighted by atomic mass is 10.1. The van der Waals surface area contributed by atoms with Gasteiger partial charge in [0.15, 0.2) is 21.8 Å². The number of rotatable bonds is 7. The molecule has 134 valence electrons. The van der Waals surface area contributed by atoms with Crippen LogP contribution in [0.4, 0.5) is 19.6 Å². The van der Waals surface area contributed by atoms with Crippen LogP contribution in [-0.4, -0.2) is 28.8 Å². The Balaban J connectivity index is 1.57. The zero-order valence-electron chi connectivity index (χ0n) is 13.5. The second kappa shape index (κ2) is 8.24. The quantitative estimate of drug-likeness (QED) is 0.470. The minimum Gasteiger partial charge on any atom is -0.497 e. The zero-order valence-corrected chi connectivity index (χ0v) is 15.2. The van der Waals surface area contributed by atoms with E-state index in [1.807, 2.05) is 24.3 Å². The summed E-state index contributed by atoms with van der Waals surface area (Å²) >= 11 is 2.48. The molecule has 0 unspecified atom stereocenters. The van der Waals surface area contributed by atoms with Gasteiger partial charge < -0.3 is 10.1 Å². The molecule has 0 aliphatic carbocycles. The van der Waals surface area contributed by atoms with Crippen molar-refractivity contribution in [3.8, 4) is 5.75 Å². The maximum atomic E-state index is 13.2. The van der Waals surface area contributed by atoms with Gasteiger partial charge in [0, 0.05) is 11.3 Å².